The molecule has 3 aromatic carbocycles. The highest BCUT2D eigenvalue weighted by Gasteiger charge is 2.39. The molecule has 3 heterocycles. The van der Waals surface area contributed by atoms with Gasteiger partial charge in [-0.2, -0.15) is 0 Å². The van der Waals surface area contributed by atoms with E-state index < -0.39 is 0 Å². The average molecular weight is 546 g/mol. The van der Waals surface area contributed by atoms with Gasteiger partial charge in [0.1, 0.15) is 31.7 Å². The normalized spacial score (nSPS) is 17.7. The molecule has 1 aliphatic carbocycles. The van der Waals surface area contributed by atoms with Crippen molar-refractivity contribution in [2.45, 2.75) is 31.9 Å². The third-order valence-electron chi connectivity index (χ3n) is 8.15. The molecule has 0 fully saturated rings. The van der Waals surface area contributed by atoms with Gasteiger partial charge in [-0.05, 0) is 47.6 Å². The second-order valence-corrected chi connectivity index (χ2v) is 10.6. The SMILES string of the molecule is O=C1c2c(OCc3ccccc3)c(=O)ccn2N2CN1CCC=CCOc1cccc3c1C2c1ccccc1CC3. The molecule has 1 aromatic heterocycles. The van der Waals surface area contributed by atoms with Crippen molar-refractivity contribution in [3.8, 4) is 11.5 Å². The first-order valence-electron chi connectivity index (χ1n) is 14.1. The average Bonchev–Trinajstić information content (AvgIpc) is 3.17. The topological polar surface area (TPSA) is 64.0 Å². The maximum atomic E-state index is 14.1. The molecule has 0 spiro atoms. The van der Waals surface area contributed by atoms with Gasteiger partial charge >= 0.3 is 0 Å². The summed E-state index contributed by atoms with van der Waals surface area (Å²) >= 11 is 0. The molecule has 3 aliphatic rings. The van der Waals surface area contributed by atoms with E-state index in [1.807, 2.05) is 58.1 Å². The monoisotopic (exact) mass is 545 g/mol. The van der Waals surface area contributed by atoms with Gasteiger partial charge in [-0.15, -0.1) is 0 Å². The molecule has 7 heteroatoms. The summed E-state index contributed by atoms with van der Waals surface area (Å²) in [5.41, 5.74) is 5.61. The van der Waals surface area contributed by atoms with Crippen LogP contribution in [0.1, 0.15) is 50.8 Å². The fourth-order valence-corrected chi connectivity index (χ4v) is 6.18. The van der Waals surface area contributed by atoms with Gasteiger partial charge in [0.15, 0.2) is 11.4 Å². The highest BCUT2D eigenvalue weighted by atomic mass is 16.5. The minimum atomic E-state index is -0.311. The summed E-state index contributed by atoms with van der Waals surface area (Å²) in [5.74, 6) is 0.700. The fourth-order valence-electron chi connectivity index (χ4n) is 6.18. The summed E-state index contributed by atoms with van der Waals surface area (Å²) in [7, 11) is 0. The third-order valence-corrected chi connectivity index (χ3v) is 8.15. The molecule has 0 radical (unpaired) electrons. The lowest BCUT2D eigenvalue weighted by Gasteiger charge is -2.44. The zero-order valence-corrected chi connectivity index (χ0v) is 22.7. The van der Waals surface area contributed by atoms with E-state index in [9.17, 15) is 9.59 Å². The number of amides is 1. The van der Waals surface area contributed by atoms with Gasteiger partial charge in [-0.1, -0.05) is 78.9 Å². The Labute approximate surface area is 238 Å². The number of carbonyl (C=O) groups is 1. The number of rotatable bonds is 3. The lowest BCUT2D eigenvalue weighted by Crippen LogP contribution is -2.56. The van der Waals surface area contributed by atoms with Crippen LogP contribution >= 0.6 is 0 Å². The van der Waals surface area contributed by atoms with Crippen LogP contribution in [0.25, 0.3) is 0 Å². The van der Waals surface area contributed by atoms with Gasteiger partial charge in [0.2, 0.25) is 5.43 Å². The predicted octanol–water partition coefficient (Wildman–Crippen LogP) is 5.01. The zero-order chi connectivity index (χ0) is 27.8. The molecular formula is C34H31N3O4. The van der Waals surface area contributed by atoms with E-state index in [1.54, 1.807) is 6.20 Å². The summed E-state index contributed by atoms with van der Waals surface area (Å²) in [5, 5.41) is 2.19. The highest BCUT2D eigenvalue weighted by molar-refractivity contribution is 5.96. The van der Waals surface area contributed by atoms with Crippen LogP contribution in [0.4, 0.5) is 0 Å². The molecule has 7 rings (SSSR count). The minimum Gasteiger partial charge on any atom is -0.489 e. The molecule has 0 saturated heterocycles. The summed E-state index contributed by atoms with van der Waals surface area (Å²) in [6.45, 7) is 1.51. The Morgan fingerprint density at radius 2 is 1.66 bits per heavy atom. The van der Waals surface area contributed by atoms with Crippen molar-refractivity contribution >= 4 is 5.91 Å². The smallest absolute Gasteiger partial charge is 0.277 e. The molecular weight excluding hydrogens is 514 g/mol. The van der Waals surface area contributed by atoms with Crippen LogP contribution in [0, 0.1) is 0 Å². The number of fused-ring (bicyclic) bond motifs is 7. The van der Waals surface area contributed by atoms with Crippen molar-refractivity contribution in [1.82, 2.24) is 9.58 Å². The molecule has 1 atom stereocenters. The van der Waals surface area contributed by atoms with Gasteiger partial charge in [-0.3, -0.25) is 19.3 Å². The van der Waals surface area contributed by atoms with E-state index in [2.05, 4.69) is 41.4 Å². The van der Waals surface area contributed by atoms with Gasteiger partial charge in [0.25, 0.3) is 5.91 Å². The van der Waals surface area contributed by atoms with Crippen molar-refractivity contribution in [2.24, 2.45) is 0 Å². The molecule has 4 aromatic rings. The van der Waals surface area contributed by atoms with E-state index >= 15 is 0 Å². The number of aromatic nitrogens is 1. The van der Waals surface area contributed by atoms with Gasteiger partial charge in [0.05, 0.1) is 0 Å². The van der Waals surface area contributed by atoms with Crippen molar-refractivity contribution in [3.63, 3.8) is 0 Å². The molecule has 0 N–H and O–H groups in total. The number of carbonyl (C=O) groups excluding carboxylic acids is 1. The Balaban J connectivity index is 1.45. The molecule has 2 bridgehead atoms. The van der Waals surface area contributed by atoms with Crippen LogP contribution in [0.5, 0.6) is 11.5 Å². The van der Waals surface area contributed by atoms with Crippen LogP contribution in [-0.4, -0.2) is 35.3 Å². The Hall–Kier alpha value is -4.78. The maximum absolute atomic E-state index is 14.1. The third kappa shape index (κ3) is 4.57. The number of benzene rings is 3. The van der Waals surface area contributed by atoms with Crippen molar-refractivity contribution in [2.75, 3.05) is 24.8 Å². The van der Waals surface area contributed by atoms with Crippen molar-refractivity contribution in [1.29, 1.82) is 0 Å². The number of ether oxygens (including phenoxy) is 2. The number of hydrogen-bond donors (Lipinski definition) is 0. The summed E-state index contributed by atoms with van der Waals surface area (Å²) < 4.78 is 14.4. The quantitative estimate of drug-likeness (QED) is 0.339. The Morgan fingerprint density at radius 1 is 0.854 bits per heavy atom. The lowest BCUT2D eigenvalue weighted by molar-refractivity contribution is 0.0679. The summed E-state index contributed by atoms with van der Waals surface area (Å²) in [6, 6.07) is 25.7. The fraction of sp³-hybridized carbons (Fsp3) is 0.235. The van der Waals surface area contributed by atoms with E-state index in [-0.39, 0.29) is 35.4 Å². The molecule has 1 amide bonds. The molecule has 41 heavy (non-hydrogen) atoms. The first kappa shape index (κ1) is 25.2. The Morgan fingerprint density at radius 3 is 2.56 bits per heavy atom. The molecule has 7 nitrogen and oxygen atoms in total. The van der Waals surface area contributed by atoms with E-state index in [4.69, 9.17) is 9.47 Å². The zero-order valence-electron chi connectivity index (χ0n) is 22.7. The summed E-state index contributed by atoms with van der Waals surface area (Å²) in [4.78, 5) is 29.2. The largest absolute Gasteiger partial charge is 0.489 e. The standard InChI is InChI=1S/C34H31N3O4/c38-28-18-20-36-32(33(28)41-22-24-10-3-1-4-11-24)34(39)35-19-7-2-8-21-40-29-15-9-13-26-17-16-25-12-5-6-14-27(25)31(30(26)29)37(36)23-35/h1-6,8-15,18,20,31H,7,16-17,19,21-23H2. The molecule has 206 valence electrons. The van der Waals surface area contributed by atoms with Gasteiger partial charge in [-0.25, -0.2) is 0 Å². The number of hydrogen-bond acceptors (Lipinski definition) is 5. The van der Waals surface area contributed by atoms with E-state index in [0.717, 1.165) is 29.7 Å². The van der Waals surface area contributed by atoms with Crippen LogP contribution in [0.3, 0.4) is 0 Å². The van der Waals surface area contributed by atoms with Gasteiger partial charge in [0, 0.05) is 24.4 Å². The number of pyridine rings is 1. The van der Waals surface area contributed by atoms with Crippen LogP contribution < -0.4 is 19.9 Å². The minimum absolute atomic E-state index is 0.0744. The number of aryl methyl sites for hydroxylation is 2. The second kappa shape index (κ2) is 10.7. The van der Waals surface area contributed by atoms with Gasteiger partial charge < -0.3 is 14.4 Å². The highest BCUT2D eigenvalue weighted by Crippen LogP contribution is 2.42. The Kier molecular flexibility index (Phi) is 6.55. The molecule has 1 unspecified atom stereocenters. The van der Waals surface area contributed by atoms with Crippen LogP contribution in [0.2, 0.25) is 0 Å². The summed E-state index contributed by atoms with van der Waals surface area (Å²) in [6.07, 6.45) is 8.24. The van der Waals surface area contributed by atoms with Crippen LogP contribution in [-0.2, 0) is 19.4 Å². The Bertz CT molecular complexity index is 1690. The van der Waals surface area contributed by atoms with Crippen LogP contribution in [0.15, 0.2) is 102 Å². The maximum Gasteiger partial charge on any atom is 0.277 e. The van der Waals surface area contributed by atoms with Crippen molar-refractivity contribution < 1.29 is 14.3 Å². The lowest BCUT2D eigenvalue weighted by atomic mass is 9.93. The predicted molar refractivity (Wildman–Crippen MR) is 157 cm³/mol. The second-order valence-electron chi connectivity index (χ2n) is 10.6. The molecule has 0 saturated carbocycles. The van der Waals surface area contributed by atoms with Crippen molar-refractivity contribution in [3.05, 3.63) is 141 Å². The first-order valence-corrected chi connectivity index (χ1v) is 14.1. The van der Waals surface area contributed by atoms with E-state index in [0.29, 0.717) is 26.2 Å². The van der Waals surface area contributed by atoms with E-state index in [1.165, 1.54) is 22.8 Å². The number of nitrogens with zero attached hydrogens (tertiary/aromatic N) is 3. The first-order chi connectivity index (χ1) is 20.2. The molecule has 2 aliphatic heterocycles.